The fourth-order valence-electron chi connectivity index (χ4n) is 1.00. The monoisotopic (exact) mass is 181 g/mol. The summed E-state index contributed by atoms with van der Waals surface area (Å²) in [5, 5.41) is 8.36. The molecule has 0 heterocycles. The van der Waals surface area contributed by atoms with Gasteiger partial charge in [0.25, 0.3) is 0 Å². The third-order valence-corrected chi connectivity index (χ3v) is 1.44. The highest BCUT2D eigenvalue weighted by Crippen LogP contribution is 2.17. The molecule has 0 saturated carbocycles. The zero-order valence-corrected chi connectivity index (χ0v) is 7.28. The summed E-state index contributed by atoms with van der Waals surface area (Å²) in [4.78, 5) is 10.2. The largest absolute Gasteiger partial charge is 0.482 e. The number of rotatable bonds is 3. The van der Waals surface area contributed by atoms with Gasteiger partial charge in [-0.3, -0.25) is 0 Å². The number of aliphatic carboxylic acids is 1. The number of hydrogen-bond acceptors (Lipinski definition) is 3. The minimum atomic E-state index is -1.000. The lowest BCUT2D eigenvalue weighted by Crippen LogP contribution is -2.09. The SMILES string of the molecule is Cc1cc(N)cc(OCC(=O)O)c1. The van der Waals surface area contributed by atoms with Crippen molar-refractivity contribution in [2.75, 3.05) is 12.3 Å². The van der Waals surface area contributed by atoms with Crippen molar-refractivity contribution in [3.8, 4) is 5.75 Å². The van der Waals surface area contributed by atoms with Gasteiger partial charge in [-0.15, -0.1) is 0 Å². The molecule has 4 heteroatoms. The summed E-state index contributed by atoms with van der Waals surface area (Å²) in [5.41, 5.74) is 7.05. The average molecular weight is 181 g/mol. The maximum Gasteiger partial charge on any atom is 0.341 e. The second kappa shape index (κ2) is 3.80. The smallest absolute Gasteiger partial charge is 0.341 e. The molecule has 0 radical (unpaired) electrons. The highest BCUT2D eigenvalue weighted by atomic mass is 16.5. The Morgan fingerprint density at radius 3 is 2.77 bits per heavy atom. The quantitative estimate of drug-likeness (QED) is 0.683. The predicted molar refractivity (Wildman–Crippen MR) is 48.7 cm³/mol. The van der Waals surface area contributed by atoms with Gasteiger partial charge in [-0.1, -0.05) is 0 Å². The summed E-state index contributed by atoms with van der Waals surface area (Å²) in [6.07, 6.45) is 0. The highest BCUT2D eigenvalue weighted by Gasteiger charge is 2.00. The van der Waals surface area contributed by atoms with E-state index >= 15 is 0 Å². The molecule has 0 aliphatic rings. The van der Waals surface area contributed by atoms with Gasteiger partial charge in [-0.25, -0.2) is 4.79 Å². The molecule has 3 N–H and O–H groups in total. The number of nitrogens with two attached hydrogens (primary N) is 1. The van der Waals surface area contributed by atoms with Gasteiger partial charge < -0.3 is 15.6 Å². The van der Waals surface area contributed by atoms with E-state index in [9.17, 15) is 4.79 Å². The Hall–Kier alpha value is -1.71. The number of anilines is 1. The van der Waals surface area contributed by atoms with Crippen molar-refractivity contribution in [2.45, 2.75) is 6.92 Å². The van der Waals surface area contributed by atoms with Crippen LogP contribution in [0.2, 0.25) is 0 Å². The summed E-state index contributed by atoms with van der Waals surface area (Å²) < 4.78 is 4.95. The minimum absolute atomic E-state index is 0.344. The minimum Gasteiger partial charge on any atom is -0.482 e. The normalized spacial score (nSPS) is 9.62. The Balaban J connectivity index is 2.71. The van der Waals surface area contributed by atoms with E-state index in [0.717, 1.165) is 5.56 Å². The number of carboxylic acid groups (broad SMARTS) is 1. The number of hydrogen-bond donors (Lipinski definition) is 2. The molecule has 0 aromatic heterocycles. The van der Waals surface area contributed by atoms with Gasteiger partial charge in [0, 0.05) is 11.8 Å². The maximum absolute atomic E-state index is 10.2. The number of carbonyl (C=O) groups is 1. The van der Waals surface area contributed by atoms with Gasteiger partial charge in [-0.05, 0) is 24.6 Å². The number of aryl methyl sites for hydroxylation is 1. The second-order valence-electron chi connectivity index (χ2n) is 2.76. The van der Waals surface area contributed by atoms with E-state index in [-0.39, 0.29) is 6.61 Å². The molecule has 1 rings (SSSR count). The molecule has 1 aromatic rings. The first kappa shape index (κ1) is 9.38. The third-order valence-electron chi connectivity index (χ3n) is 1.44. The van der Waals surface area contributed by atoms with Crippen LogP contribution in [0.25, 0.3) is 0 Å². The average Bonchev–Trinajstić information content (AvgIpc) is 1.99. The van der Waals surface area contributed by atoms with Gasteiger partial charge >= 0.3 is 5.97 Å². The Kier molecular flexibility index (Phi) is 2.74. The van der Waals surface area contributed by atoms with Crippen LogP contribution in [0.5, 0.6) is 5.75 Å². The van der Waals surface area contributed by atoms with Gasteiger partial charge in [0.2, 0.25) is 0 Å². The van der Waals surface area contributed by atoms with Crippen molar-refractivity contribution in [3.63, 3.8) is 0 Å². The molecule has 0 bridgehead atoms. The standard InChI is InChI=1S/C9H11NO3/c1-6-2-7(10)4-8(3-6)13-5-9(11)12/h2-4H,5,10H2,1H3,(H,11,12). The molecule has 0 amide bonds. The topological polar surface area (TPSA) is 72.5 Å². The van der Waals surface area contributed by atoms with Crippen LogP contribution in [0.15, 0.2) is 18.2 Å². The van der Waals surface area contributed by atoms with Gasteiger partial charge in [0.1, 0.15) is 5.75 Å². The number of carboxylic acids is 1. The lowest BCUT2D eigenvalue weighted by Gasteiger charge is -2.05. The van der Waals surface area contributed by atoms with Crippen molar-refractivity contribution in [1.82, 2.24) is 0 Å². The molecule has 0 saturated heterocycles. The van der Waals surface area contributed by atoms with Crippen molar-refractivity contribution >= 4 is 11.7 Å². The molecular formula is C9H11NO3. The molecule has 0 atom stereocenters. The van der Waals surface area contributed by atoms with Crippen LogP contribution in [0.1, 0.15) is 5.56 Å². The molecule has 13 heavy (non-hydrogen) atoms. The maximum atomic E-state index is 10.2. The number of ether oxygens (including phenoxy) is 1. The van der Waals surface area contributed by atoms with Crippen molar-refractivity contribution in [3.05, 3.63) is 23.8 Å². The van der Waals surface area contributed by atoms with Gasteiger partial charge in [0.15, 0.2) is 6.61 Å². The Bertz CT molecular complexity index is 302. The first-order valence-corrected chi connectivity index (χ1v) is 3.79. The van der Waals surface area contributed by atoms with E-state index in [4.69, 9.17) is 15.6 Å². The van der Waals surface area contributed by atoms with E-state index in [1.54, 1.807) is 18.2 Å². The van der Waals surface area contributed by atoms with Crippen LogP contribution in [0, 0.1) is 6.92 Å². The molecule has 1 aromatic carbocycles. The zero-order chi connectivity index (χ0) is 9.84. The Morgan fingerprint density at radius 2 is 2.23 bits per heavy atom. The second-order valence-corrected chi connectivity index (χ2v) is 2.76. The Labute approximate surface area is 75.9 Å². The Morgan fingerprint density at radius 1 is 1.54 bits per heavy atom. The van der Waals surface area contributed by atoms with Crippen molar-refractivity contribution < 1.29 is 14.6 Å². The molecular weight excluding hydrogens is 170 g/mol. The number of benzene rings is 1. The summed E-state index contributed by atoms with van der Waals surface area (Å²) in [7, 11) is 0. The molecule has 0 aliphatic heterocycles. The lowest BCUT2D eigenvalue weighted by molar-refractivity contribution is -0.139. The molecule has 0 fully saturated rings. The van der Waals surface area contributed by atoms with Gasteiger partial charge in [-0.2, -0.15) is 0 Å². The van der Waals surface area contributed by atoms with E-state index in [0.29, 0.717) is 11.4 Å². The zero-order valence-electron chi connectivity index (χ0n) is 7.28. The van der Waals surface area contributed by atoms with Crippen LogP contribution in [0.4, 0.5) is 5.69 Å². The molecule has 0 spiro atoms. The third kappa shape index (κ3) is 3.02. The molecule has 4 nitrogen and oxygen atoms in total. The summed E-state index contributed by atoms with van der Waals surface area (Å²) in [6, 6.07) is 5.11. The van der Waals surface area contributed by atoms with E-state index in [1.165, 1.54) is 0 Å². The van der Waals surface area contributed by atoms with Gasteiger partial charge in [0.05, 0.1) is 0 Å². The lowest BCUT2D eigenvalue weighted by atomic mass is 10.2. The fraction of sp³-hybridized carbons (Fsp3) is 0.222. The first-order valence-electron chi connectivity index (χ1n) is 3.79. The van der Waals surface area contributed by atoms with E-state index < -0.39 is 5.97 Å². The first-order chi connectivity index (χ1) is 6.08. The fourth-order valence-corrected chi connectivity index (χ4v) is 1.00. The van der Waals surface area contributed by atoms with Crippen LogP contribution in [-0.2, 0) is 4.79 Å². The van der Waals surface area contributed by atoms with Crippen LogP contribution < -0.4 is 10.5 Å². The summed E-state index contributed by atoms with van der Waals surface area (Å²) in [5.74, 6) is -0.514. The summed E-state index contributed by atoms with van der Waals surface area (Å²) >= 11 is 0. The van der Waals surface area contributed by atoms with Crippen molar-refractivity contribution in [2.24, 2.45) is 0 Å². The van der Waals surface area contributed by atoms with Crippen molar-refractivity contribution in [1.29, 1.82) is 0 Å². The molecule has 70 valence electrons. The van der Waals surface area contributed by atoms with E-state index in [2.05, 4.69) is 0 Å². The predicted octanol–water partition coefficient (Wildman–Crippen LogP) is 1.04. The molecule has 0 unspecified atom stereocenters. The van der Waals surface area contributed by atoms with Crippen LogP contribution >= 0.6 is 0 Å². The van der Waals surface area contributed by atoms with Crippen LogP contribution in [0.3, 0.4) is 0 Å². The molecule has 0 aliphatic carbocycles. The van der Waals surface area contributed by atoms with Crippen LogP contribution in [-0.4, -0.2) is 17.7 Å². The summed E-state index contributed by atoms with van der Waals surface area (Å²) in [6.45, 7) is 1.52. The highest BCUT2D eigenvalue weighted by molar-refractivity contribution is 5.68. The number of nitrogen functional groups attached to an aromatic ring is 1. The van der Waals surface area contributed by atoms with E-state index in [1.807, 2.05) is 6.92 Å².